The molecule has 2 heteroatoms. The fourth-order valence-electron chi connectivity index (χ4n) is 0.769. The zero-order chi connectivity index (χ0) is 9.61. The van der Waals surface area contributed by atoms with Crippen molar-refractivity contribution in [1.82, 2.24) is 0 Å². The smallest absolute Gasteiger partial charge is 0.0179 e. The van der Waals surface area contributed by atoms with E-state index >= 15 is 0 Å². The molecule has 0 bridgehead atoms. The molecule has 0 unspecified atom stereocenters. The predicted octanol–water partition coefficient (Wildman–Crippen LogP) is 4.60. The van der Waals surface area contributed by atoms with Gasteiger partial charge in [-0.25, -0.2) is 0 Å². The Bertz CT molecular complexity index is 103. The number of rotatable bonds is 5. The summed E-state index contributed by atoms with van der Waals surface area (Å²) >= 11 is 0. The van der Waals surface area contributed by atoms with Crippen molar-refractivity contribution in [2.45, 2.75) is 52.2 Å². The van der Waals surface area contributed by atoms with Crippen LogP contribution in [0.5, 0.6) is 0 Å². The summed E-state index contributed by atoms with van der Waals surface area (Å²) in [4.78, 5) is 0. The van der Waals surface area contributed by atoms with Gasteiger partial charge in [0, 0.05) is 10.5 Å². The molecule has 74 valence electrons. The highest BCUT2D eigenvalue weighted by Gasteiger charge is 2.10. The van der Waals surface area contributed by atoms with Crippen molar-refractivity contribution in [1.29, 1.82) is 0 Å². The van der Waals surface area contributed by atoms with Crippen molar-refractivity contribution < 1.29 is 0 Å². The lowest BCUT2D eigenvalue weighted by atomic mass is 10.1. The lowest BCUT2D eigenvalue weighted by Gasteiger charge is -2.16. The highest BCUT2D eigenvalue weighted by Crippen LogP contribution is 2.35. The van der Waals surface area contributed by atoms with E-state index in [1.807, 2.05) is 21.6 Å². The Morgan fingerprint density at radius 2 is 1.75 bits per heavy atom. The Hall–Kier alpha value is 0.700. The number of hydrogen-bond acceptors (Lipinski definition) is 2. The van der Waals surface area contributed by atoms with Crippen LogP contribution in [0.4, 0.5) is 0 Å². The fourth-order valence-corrected chi connectivity index (χ4v) is 3.15. The van der Waals surface area contributed by atoms with Gasteiger partial charge in [0.15, 0.2) is 0 Å². The molecule has 0 heterocycles. The summed E-state index contributed by atoms with van der Waals surface area (Å²) in [7, 11) is 4.02. The zero-order valence-electron chi connectivity index (χ0n) is 9.02. The zero-order valence-corrected chi connectivity index (χ0v) is 10.6. The van der Waals surface area contributed by atoms with Gasteiger partial charge in [-0.2, -0.15) is 0 Å². The third kappa shape index (κ3) is 10.7. The average Bonchev–Trinajstić information content (AvgIpc) is 1.83. The second-order valence-electron chi connectivity index (χ2n) is 4.55. The summed E-state index contributed by atoms with van der Waals surface area (Å²) in [5.74, 6) is 2.17. The molecule has 12 heavy (non-hydrogen) atoms. The molecule has 0 N–H and O–H groups in total. The normalized spacial score (nSPS) is 12.5. The minimum absolute atomic E-state index is 0.419. The molecule has 0 saturated heterocycles. The van der Waals surface area contributed by atoms with Crippen LogP contribution in [-0.2, 0) is 0 Å². The predicted molar refractivity (Wildman–Crippen MR) is 63.9 cm³/mol. The lowest BCUT2D eigenvalue weighted by Crippen LogP contribution is -2.04. The van der Waals surface area contributed by atoms with Crippen LogP contribution in [0, 0.1) is 5.92 Å². The van der Waals surface area contributed by atoms with E-state index in [0.717, 1.165) is 5.92 Å². The molecular weight excluding hydrogens is 184 g/mol. The molecule has 0 fully saturated rings. The first-order valence-electron chi connectivity index (χ1n) is 4.72. The van der Waals surface area contributed by atoms with Crippen LogP contribution in [0.25, 0.3) is 0 Å². The molecule has 0 atom stereocenters. The molecule has 0 spiro atoms. The maximum atomic E-state index is 2.29. The van der Waals surface area contributed by atoms with E-state index < -0.39 is 0 Å². The summed E-state index contributed by atoms with van der Waals surface area (Å²) < 4.78 is 0.419. The van der Waals surface area contributed by atoms with Gasteiger partial charge in [-0.3, -0.25) is 0 Å². The van der Waals surface area contributed by atoms with E-state index in [9.17, 15) is 0 Å². The second-order valence-corrected chi connectivity index (χ2v) is 7.80. The second kappa shape index (κ2) is 6.20. The topological polar surface area (TPSA) is 0 Å². The van der Waals surface area contributed by atoms with E-state index in [-0.39, 0.29) is 0 Å². The first kappa shape index (κ1) is 12.7. The van der Waals surface area contributed by atoms with E-state index in [1.54, 1.807) is 0 Å². The molecule has 0 aliphatic rings. The molecule has 0 aromatic carbocycles. The fraction of sp³-hybridized carbons (Fsp3) is 1.00. The molecule has 0 nitrogen and oxygen atoms in total. The van der Waals surface area contributed by atoms with Crippen molar-refractivity contribution >= 4 is 21.6 Å². The molecule has 0 aliphatic carbocycles. The molecule has 0 aromatic rings. The molecule has 0 aliphatic heterocycles. The Morgan fingerprint density at radius 3 is 2.17 bits per heavy atom. The van der Waals surface area contributed by atoms with Gasteiger partial charge in [0.05, 0.1) is 0 Å². The first-order chi connectivity index (χ1) is 5.42. The standard InChI is InChI=1S/C10H22S2/c1-9(2)7-6-8-11-12-10(3,4)5/h9H,6-8H2,1-5H3. The largest absolute Gasteiger partial charge is 0.0936 e. The van der Waals surface area contributed by atoms with E-state index in [0.29, 0.717) is 4.75 Å². The minimum atomic E-state index is 0.419. The van der Waals surface area contributed by atoms with Gasteiger partial charge in [-0.05, 0) is 12.3 Å². The van der Waals surface area contributed by atoms with E-state index in [4.69, 9.17) is 0 Å². The van der Waals surface area contributed by atoms with Crippen LogP contribution in [0.1, 0.15) is 47.5 Å². The molecular formula is C10H22S2. The summed E-state index contributed by atoms with van der Waals surface area (Å²) in [5.41, 5.74) is 0. The Balaban J connectivity index is 3.12. The number of hydrogen-bond donors (Lipinski definition) is 0. The van der Waals surface area contributed by atoms with Gasteiger partial charge >= 0.3 is 0 Å². The van der Waals surface area contributed by atoms with E-state index in [1.165, 1.54) is 18.6 Å². The minimum Gasteiger partial charge on any atom is -0.0936 e. The van der Waals surface area contributed by atoms with Crippen molar-refractivity contribution in [2.24, 2.45) is 5.92 Å². The van der Waals surface area contributed by atoms with Gasteiger partial charge in [0.25, 0.3) is 0 Å². The van der Waals surface area contributed by atoms with Crippen molar-refractivity contribution in [3.63, 3.8) is 0 Å². The van der Waals surface area contributed by atoms with Gasteiger partial charge in [0.1, 0.15) is 0 Å². The first-order valence-corrected chi connectivity index (χ1v) is 7.04. The van der Waals surface area contributed by atoms with Crippen LogP contribution in [-0.4, -0.2) is 10.5 Å². The van der Waals surface area contributed by atoms with E-state index in [2.05, 4.69) is 34.6 Å². The van der Waals surface area contributed by atoms with Gasteiger partial charge in [0.2, 0.25) is 0 Å². The third-order valence-electron chi connectivity index (χ3n) is 1.32. The maximum Gasteiger partial charge on any atom is 0.0179 e. The highest BCUT2D eigenvalue weighted by molar-refractivity contribution is 8.77. The highest BCUT2D eigenvalue weighted by atomic mass is 33.1. The quantitative estimate of drug-likeness (QED) is 0.476. The lowest BCUT2D eigenvalue weighted by molar-refractivity contribution is 0.579. The van der Waals surface area contributed by atoms with Crippen LogP contribution in [0.15, 0.2) is 0 Å². The summed E-state index contributed by atoms with van der Waals surface area (Å²) in [6.07, 6.45) is 2.74. The molecule has 0 aromatic heterocycles. The van der Waals surface area contributed by atoms with Crippen molar-refractivity contribution in [3.8, 4) is 0 Å². The molecule has 0 saturated carbocycles. The van der Waals surface area contributed by atoms with Crippen LogP contribution < -0.4 is 0 Å². The molecule has 0 rings (SSSR count). The maximum absolute atomic E-state index is 2.29. The monoisotopic (exact) mass is 206 g/mol. The SMILES string of the molecule is CC(C)CCCSSC(C)(C)C. The summed E-state index contributed by atoms with van der Waals surface area (Å²) in [6.45, 7) is 11.4. The Labute approximate surface area is 85.7 Å². The van der Waals surface area contributed by atoms with Crippen LogP contribution in [0.3, 0.4) is 0 Å². The van der Waals surface area contributed by atoms with Gasteiger partial charge in [-0.1, -0.05) is 62.6 Å². The van der Waals surface area contributed by atoms with Crippen molar-refractivity contribution in [3.05, 3.63) is 0 Å². The summed E-state index contributed by atoms with van der Waals surface area (Å²) in [6, 6.07) is 0. The van der Waals surface area contributed by atoms with Crippen molar-refractivity contribution in [2.75, 3.05) is 5.75 Å². The molecule has 0 radical (unpaired) electrons. The third-order valence-corrected chi connectivity index (χ3v) is 4.74. The molecule has 0 amide bonds. The van der Waals surface area contributed by atoms with Crippen LogP contribution in [0.2, 0.25) is 0 Å². The summed E-state index contributed by atoms with van der Waals surface area (Å²) in [5, 5.41) is 0. The van der Waals surface area contributed by atoms with Gasteiger partial charge in [-0.15, -0.1) is 0 Å². The Morgan fingerprint density at radius 1 is 1.17 bits per heavy atom. The Kier molecular flexibility index (Phi) is 6.56. The van der Waals surface area contributed by atoms with Crippen LogP contribution >= 0.6 is 21.6 Å². The average molecular weight is 206 g/mol. The van der Waals surface area contributed by atoms with Gasteiger partial charge < -0.3 is 0 Å².